The number of hydrazine groups is 1. The van der Waals surface area contributed by atoms with Crippen molar-refractivity contribution in [3.63, 3.8) is 0 Å². The third-order valence-corrected chi connectivity index (χ3v) is 8.08. The van der Waals surface area contributed by atoms with Crippen LogP contribution in [0.4, 0.5) is 0 Å². The molecule has 3 rings (SSSR count). The minimum Gasteiger partial charge on any atom is -0.267 e. The van der Waals surface area contributed by atoms with Gasteiger partial charge in [-0.25, -0.2) is 13.1 Å². The lowest BCUT2D eigenvalue weighted by Crippen LogP contribution is -2.41. The van der Waals surface area contributed by atoms with Gasteiger partial charge in [0.15, 0.2) is 0 Å². The number of hydrogen-bond acceptors (Lipinski definition) is 5. The Morgan fingerprint density at radius 3 is 2.50 bits per heavy atom. The average Bonchev–Trinajstić information content (AvgIpc) is 3.14. The van der Waals surface area contributed by atoms with E-state index < -0.39 is 15.9 Å². The van der Waals surface area contributed by atoms with Gasteiger partial charge in [-0.2, -0.15) is 0 Å². The van der Waals surface area contributed by atoms with E-state index in [0.717, 1.165) is 19.3 Å². The predicted octanol–water partition coefficient (Wildman–Crippen LogP) is 3.02. The number of benzene rings is 1. The SMILES string of the molecule is CCC(C)NS(=O)(=O)c1ccc(C(=O)NNC(=O)c2cc3c(s2)CCC(C)C3)cc1. The number of sulfonamides is 1. The summed E-state index contributed by atoms with van der Waals surface area (Å²) in [6.45, 7) is 5.88. The Labute approximate surface area is 181 Å². The monoisotopic (exact) mass is 449 g/mol. The van der Waals surface area contributed by atoms with Crippen LogP contribution < -0.4 is 15.6 Å². The van der Waals surface area contributed by atoms with Crippen LogP contribution in [0.15, 0.2) is 35.2 Å². The van der Waals surface area contributed by atoms with Crippen LogP contribution in [0.5, 0.6) is 0 Å². The molecule has 3 N–H and O–H groups in total. The van der Waals surface area contributed by atoms with E-state index in [1.807, 2.05) is 13.0 Å². The number of carbonyl (C=O) groups excluding carboxylic acids is 2. The molecule has 1 heterocycles. The third kappa shape index (κ3) is 5.27. The van der Waals surface area contributed by atoms with E-state index in [1.54, 1.807) is 6.92 Å². The molecule has 1 aromatic carbocycles. The summed E-state index contributed by atoms with van der Waals surface area (Å²) in [6.07, 6.45) is 3.77. The van der Waals surface area contributed by atoms with Gasteiger partial charge in [-0.05, 0) is 74.4 Å². The molecule has 9 heteroatoms. The highest BCUT2D eigenvalue weighted by molar-refractivity contribution is 7.89. The fraction of sp³-hybridized carbons (Fsp3) is 0.429. The molecular formula is C21H27N3O4S2. The molecule has 0 spiro atoms. The summed E-state index contributed by atoms with van der Waals surface area (Å²) in [5.74, 6) is -0.251. The van der Waals surface area contributed by atoms with Gasteiger partial charge in [0.25, 0.3) is 11.8 Å². The van der Waals surface area contributed by atoms with Crippen LogP contribution >= 0.6 is 11.3 Å². The second kappa shape index (κ2) is 9.28. The average molecular weight is 450 g/mol. The molecule has 1 aliphatic rings. The molecule has 1 aromatic heterocycles. The lowest BCUT2D eigenvalue weighted by Gasteiger charge is -2.16. The van der Waals surface area contributed by atoms with E-state index in [-0.39, 0.29) is 22.4 Å². The first kappa shape index (κ1) is 22.5. The second-order valence-corrected chi connectivity index (χ2v) is 10.6. The molecule has 2 atom stereocenters. The maximum absolute atomic E-state index is 12.4. The van der Waals surface area contributed by atoms with Crippen LogP contribution in [0.3, 0.4) is 0 Å². The highest BCUT2D eigenvalue weighted by Crippen LogP contribution is 2.32. The fourth-order valence-corrected chi connectivity index (χ4v) is 5.70. The van der Waals surface area contributed by atoms with Crippen LogP contribution in [0, 0.1) is 5.92 Å². The van der Waals surface area contributed by atoms with Crippen molar-refractivity contribution in [3.8, 4) is 0 Å². The number of fused-ring (bicyclic) bond motifs is 1. The molecule has 7 nitrogen and oxygen atoms in total. The van der Waals surface area contributed by atoms with Crippen molar-refractivity contribution in [2.45, 2.75) is 57.4 Å². The van der Waals surface area contributed by atoms with Gasteiger partial charge in [0.1, 0.15) is 0 Å². The molecular weight excluding hydrogens is 422 g/mol. The van der Waals surface area contributed by atoms with E-state index in [9.17, 15) is 18.0 Å². The van der Waals surface area contributed by atoms with E-state index in [1.165, 1.54) is 46.0 Å². The Hall–Kier alpha value is -2.23. The Balaban J connectivity index is 1.59. The highest BCUT2D eigenvalue weighted by atomic mass is 32.2. The predicted molar refractivity (Wildman–Crippen MR) is 117 cm³/mol. The molecule has 0 saturated heterocycles. The summed E-state index contributed by atoms with van der Waals surface area (Å²) < 4.78 is 27.1. The molecule has 0 bridgehead atoms. The van der Waals surface area contributed by atoms with E-state index >= 15 is 0 Å². The van der Waals surface area contributed by atoms with Crippen LogP contribution in [-0.4, -0.2) is 26.3 Å². The number of carbonyl (C=O) groups is 2. The molecule has 1 aliphatic carbocycles. The van der Waals surface area contributed by atoms with Crippen molar-refractivity contribution < 1.29 is 18.0 Å². The van der Waals surface area contributed by atoms with Gasteiger partial charge < -0.3 is 0 Å². The largest absolute Gasteiger partial charge is 0.279 e. The number of nitrogens with one attached hydrogen (secondary N) is 3. The zero-order chi connectivity index (χ0) is 21.9. The van der Waals surface area contributed by atoms with Gasteiger partial charge >= 0.3 is 0 Å². The van der Waals surface area contributed by atoms with Gasteiger partial charge in [0.2, 0.25) is 10.0 Å². The molecule has 30 heavy (non-hydrogen) atoms. The number of rotatable bonds is 6. The van der Waals surface area contributed by atoms with Crippen LogP contribution in [-0.2, 0) is 22.9 Å². The van der Waals surface area contributed by atoms with E-state index in [2.05, 4.69) is 22.5 Å². The number of amides is 2. The first-order valence-corrected chi connectivity index (χ1v) is 12.3. The zero-order valence-corrected chi connectivity index (χ0v) is 19.0. The third-order valence-electron chi connectivity index (χ3n) is 5.24. The molecule has 0 radical (unpaired) electrons. The van der Waals surface area contributed by atoms with Crippen LogP contribution in [0.25, 0.3) is 0 Å². The number of thiophene rings is 1. The van der Waals surface area contributed by atoms with Crippen molar-refractivity contribution in [1.82, 2.24) is 15.6 Å². The number of aryl methyl sites for hydroxylation is 1. The lowest BCUT2D eigenvalue weighted by atomic mass is 9.90. The van der Waals surface area contributed by atoms with Crippen molar-refractivity contribution in [1.29, 1.82) is 0 Å². The normalized spacial score (nSPS) is 17.1. The standard InChI is InChI=1S/C21H27N3O4S2/c1-4-14(3)24-30(27,28)17-8-6-15(7-9-17)20(25)22-23-21(26)19-12-16-11-13(2)5-10-18(16)29-19/h6-9,12-14,24H,4-5,10-11H2,1-3H3,(H,22,25)(H,23,26). The van der Waals surface area contributed by atoms with Crippen molar-refractivity contribution in [3.05, 3.63) is 51.2 Å². The van der Waals surface area contributed by atoms with Gasteiger partial charge in [-0.1, -0.05) is 13.8 Å². The lowest BCUT2D eigenvalue weighted by molar-refractivity contribution is 0.0849. The first-order chi connectivity index (χ1) is 14.2. The Bertz CT molecular complexity index is 1030. The fourth-order valence-electron chi connectivity index (χ4n) is 3.27. The van der Waals surface area contributed by atoms with Crippen molar-refractivity contribution >= 4 is 33.2 Å². The molecule has 2 aromatic rings. The molecule has 0 fully saturated rings. The Morgan fingerprint density at radius 2 is 1.83 bits per heavy atom. The van der Waals surface area contributed by atoms with Crippen LogP contribution in [0.1, 0.15) is 64.1 Å². The highest BCUT2D eigenvalue weighted by Gasteiger charge is 2.21. The van der Waals surface area contributed by atoms with Crippen molar-refractivity contribution in [2.24, 2.45) is 5.92 Å². The smallest absolute Gasteiger partial charge is 0.267 e. The molecule has 2 amide bonds. The Morgan fingerprint density at radius 1 is 1.17 bits per heavy atom. The minimum absolute atomic E-state index is 0.0850. The molecule has 162 valence electrons. The van der Waals surface area contributed by atoms with Gasteiger partial charge in [0.05, 0.1) is 9.77 Å². The van der Waals surface area contributed by atoms with E-state index in [0.29, 0.717) is 17.2 Å². The minimum atomic E-state index is -3.63. The van der Waals surface area contributed by atoms with Gasteiger partial charge in [0, 0.05) is 16.5 Å². The molecule has 0 saturated carbocycles. The summed E-state index contributed by atoms with van der Waals surface area (Å²) in [4.78, 5) is 26.6. The summed E-state index contributed by atoms with van der Waals surface area (Å²) >= 11 is 1.47. The summed E-state index contributed by atoms with van der Waals surface area (Å²) in [6, 6.07) is 7.29. The zero-order valence-electron chi connectivity index (χ0n) is 17.3. The molecule has 2 unspecified atom stereocenters. The van der Waals surface area contributed by atoms with Crippen LogP contribution in [0.2, 0.25) is 0 Å². The summed E-state index contributed by atoms with van der Waals surface area (Å²) in [7, 11) is -3.63. The van der Waals surface area contributed by atoms with Gasteiger partial charge in [-0.15, -0.1) is 11.3 Å². The summed E-state index contributed by atoms with van der Waals surface area (Å²) in [5, 5.41) is 0. The topological polar surface area (TPSA) is 104 Å². The quantitative estimate of drug-likeness (QED) is 0.590. The Kier molecular flexibility index (Phi) is 6.95. The van der Waals surface area contributed by atoms with Gasteiger partial charge in [-0.3, -0.25) is 20.4 Å². The maximum atomic E-state index is 12.4. The van der Waals surface area contributed by atoms with Crippen molar-refractivity contribution in [2.75, 3.05) is 0 Å². The maximum Gasteiger partial charge on any atom is 0.279 e. The number of hydrogen-bond donors (Lipinski definition) is 3. The first-order valence-electron chi connectivity index (χ1n) is 10.0. The molecule has 0 aliphatic heterocycles. The second-order valence-electron chi connectivity index (χ2n) is 7.77. The van der Waals surface area contributed by atoms with E-state index in [4.69, 9.17) is 0 Å². The summed E-state index contributed by atoms with van der Waals surface area (Å²) in [5.41, 5.74) is 6.29.